The highest BCUT2D eigenvalue weighted by atomic mass is 16.6. The molecule has 3 aromatic rings. The fourth-order valence-electron chi connectivity index (χ4n) is 3.89. The molecule has 4 N–H and O–H groups in total. The molecule has 0 aliphatic rings. The van der Waals surface area contributed by atoms with Gasteiger partial charge in [0.1, 0.15) is 6.23 Å². The molecule has 176 valence electrons. The fourth-order valence-corrected chi connectivity index (χ4v) is 3.89. The predicted molar refractivity (Wildman–Crippen MR) is 125 cm³/mol. The molecule has 33 heavy (non-hydrogen) atoms. The van der Waals surface area contributed by atoms with E-state index in [-0.39, 0.29) is 16.5 Å². The van der Waals surface area contributed by atoms with Crippen molar-refractivity contribution in [2.24, 2.45) is 7.05 Å². The topological polar surface area (TPSA) is 130 Å². The lowest BCUT2D eigenvalue weighted by Crippen LogP contribution is -2.25. The van der Waals surface area contributed by atoms with Crippen molar-refractivity contribution in [3.63, 3.8) is 0 Å². The van der Waals surface area contributed by atoms with Crippen molar-refractivity contribution in [2.75, 3.05) is 6.54 Å². The van der Waals surface area contributed by atoms with Crippen LogP contribution in [0.1, 0.15) is 53.6 Å². The summed E-state index contributed by atoms with van der Waals surface area (Å²) in [5, 5.41) is 32.6. The smallest absolute Gasteiger partial charge is 0.270 e. The average Bonchev–Trinajstić information content (AvgIpc) is 3.13. The second-order valence-corrected chi connectivity index (χ2v) is 8.20. The van der Waals surface area contributed by atoms with Crippen LogP contribution in [0, 0.1) is 10.1 Å². The third-order valence-corrected chi connectivity index (χ3v) is 5.72. The van der Waals surface area contributed by atoms with E-state index in [2.05, 4.69) is 5.32 Å². The van der Waals surface area contributed by atoms with Gasteiger partial charge in [-0.15, -0.1) is 0 Å². The van der Waals surface area contributed by atoms with Gasteiger partial charge in [0.25, 0.3) is 11.6 Å². The molecule has 9 heteroatoms. The standard InChI is InChI=1S/C24H30N4O5/c1-27-16-19(21-15-20(28(32)33)11-12-22(21)27)14-17-7-9-18(10-8-17)24(30)25-13-5-3-2-4-6-23(29)26-31/h7-12,15-16,23,26,29,31H,2-6,13-14H2,1H3,(H,25,30). The molecule has 1 heterocycles. The summed E-state index contributed by atoms with van der Waals surface area (Å²) >= 11 is 0. The number of non-ortho nitro benzene ring substituents is 1. The van der Waals surface area contributed by atoms with Crippen LogP contribution in [0.3, 0.4) is 0 Å². The van der Waals surface area contributed by atoms with Crippen molar-refractivity contribution in [3.05, 3.63) is 75.5 Å². The number of aromatic nitrogens is 1. The second-order valence-electron chi connectivity index (χ2n) is 8.20. The van der Waals surface area contributed by atoms with Crippen LogP contribution in [-0.4, -0.2) is 38.5 Å². The molecule has 0 saturated carbocycles. The zero-order chi connectivity index (χ0) is 23.8. The number of aliphatic hydroxyl groups is 1. The number of hydrogen-bond acceptors (Lipinski definition) is 6. The van der Waals surface area contributed by atoms with E-state index in [4.69, 9.17) is 5.21 Å². The number of hydroxylamine groups is 1. The number of amides is 1. The quantitative estimate of drug-likeness (QED) is 0.143. The van der Waals surface area contributed by atoms with Gasteiger partial charge in [0, 0.05) is 48.4 Å². The van der Waals surface area contributed by atoms with Gasteiger partial charge in [-0.05, 0) is 55.0 Å². The largest absolute Gasteiger partial charge is 0.377 e. The number of nitro groups is 1. The maximum Gasteiger partial charge on any atom is 0.270 e. The summed E-state index contributed by atoms with van der Waals surface area (Å²) in [5.41, 5.74) is 5.42. The summed E-state index contributed by atoms with van der Waals surface area (Å²) in [6.45, 7) is 0.580. The number of benzene rings is 2. The highest BCUT2D eigenvalue weighted by Crippen LogP contribution is 2.27. The Labute approximate surface area is 192 Å². The monoisotopic (exact) mass is 454 g/mol. The maximum absolute atomic E-state index is 12.4. The van der Waals surface area contributed by atoms with Crippen molar-refractivity contribution >= 4 is 22.5 Å². The van der Waals surface area contributed by atoms with Gasteiger partial charge in [0.2, 0.25) is 0 Å². The number of carbonyl (C=O) groups is 1. The highest BCUT2D eigenvalue weighted by molar-refractivity contribution is 5.94. The summed E-state index contributed by atoms with van der Waals surface area (Å²) in [5.74, 6) is -0.123. The van der Waals surface area contributed by atoms with Gasteiger partial charge in [-0.25, -0.2) is 0 Å². The van der Waals surface area contributed by atoms with Gasteiger partial charge in [-0.2, -0.15) is 5.48 Å². The SMILES string of the molecule is Cn1cc(Cc2ccc(C(=O)NCCCCCCC(O)NO)cc2)c2cc([N+](=O)[O-])ccc21. The number of nitrogens with one attached hydrogen (secondary N) is 2. The number of nitrogens with zero attached hydrogens (tertiary/aromatic N) is 2. The molecular formula is C24H30N4O5. The Balaban J connectivity index is 1.52. The van der Waals surface area contributed by atoms with E-state index >= 15 is 0 Å². The number of fused-ring (bicyclic) bond motifs is 1. The number of unbranched alkanes of at least 4 members (excludes halogenated alkanes) is 3. The predicted octanol–water partition coefficient (Wildman–Crippen LogP) is 3.65. The third-order valence-electron chi connectivity index (χ3n) is 5.72. The Bertz CT molecular complexity index is 1090. The van der Waals surface area contributed by atoms with Crippen LogP contribution < -0.4 is 10.8 Å². The van der Waals surface area contributed by atoms with Crippen LogP contribution in [0.4, 0.5) is 5.69 Å². The number of aryl methyl sites for hydroxylation is 1. The molecule has 0 saturated heterocycles. The van der Waals surface area contributed by atoms with E-state index in [0.29, 0.717) is 24.9 Å². The third kappa shape index (κ3) is 6.61. The first-order valence-electron chi connectivity index (χ1n) is 11.1. The van der Waals surface area contributed by atoms with Crippen LogP contribution in [0.5, 0.6) is 0 Å². The number of carbonyl (C=O) groups excluding carboxylic acids is 1. The van der Waals surface area contributed by atoms with E-state index < -0.39 is 6.23 Å². The molecule has 3 rings (SSSR count). The summed E-state index contributed by atoms with van der Waals surface area (Å²) in [4.78, 5) is 23.1. The first-order valence-corrected chi connectivity index (χ1v) is 11.1. The molecule has 1 amide bonds. The number of aliphatic hydroxyl groups excluding tert-OH is 1. The fraction of sp³-hybridized carbons (Fsp3) is 0.375. The van der Waals surface area contributed by atoms with Gasteiger partial charge in [0.15, 0.2) is 0 Å². The van der Waals surface area contributed by atoms with E-state index in [0.717, 1.165) is 47.7 Å². The summed E-state index contributed by atoms with van der Waals surface area (Å²) < 4.78 is 1.96. The Kier molecular flexibility index (Phi) is 8.53. The molecule has 0 fully saturated rings. The Morgan fingerprint density at radius 1 is 1.12 bits per heavy atom. The molecule has 0 bridgehead atoms. The Morgan fingerprint density at radius 3 is 2.55 bits per heavy atom. The van der Waals surface area contributed by atoms with Gasteiger partial charge < -0.3 is 20.2 Å². The summed E-state index contributed by atoms with van der Waals surface area (Å²) in [6.07, 6.45) is 5.70. The maximum atomic E-state index is 12.4. The minimum atomic E-state index is -0.883. The number of hydrogen-bond donors (Lipinski definition) is 4. The first-order chi connectivity index (χ1) is 15.9. The average molecular weight is 455 g/mol. The van der Waals surface area contributed by atoms with Crippen molar-refractivity contribution in [2.45, 2.75) is 44.8 Å². The van der Waals surface area contributed by atoms with Crippen molar-refractivity contribution in [3.8, 4) is 0 Å². The lowest BCUT2D eigenvalue weighted by Gasteiger charge is -2.08. The van der Waals surface area contributed by atoms with Gasteiger partial charge in [-0.3, -0.25) is 14.9 Å². The minimum Gasteiger partial charge on any atom is -0.377 e. The van der Waals surface area contributed by atoms with Crippen LogP contribution in [-0.2, 0) is 13.5 Å². The summed E-state index contributed by atoms with van der Waals surface area (Å²) in [6, 6.07) is 12.3. The normalized spacial score (nSPS) is 12.1. The molecule has 1 unspecified atom stereocenters. The Morgan fingerprint density at radius 2 is 1.85 bits per heavy atom. The van der Waals surface area contributed by atoms with Gasteiger partial charge >= 0.3 is 0 Å². The molecule has 0 spiro atoms. The molecule has 0 aliphatic carbocycles. The van der Waals surface area contributed by atoms with Crippen LogP contribution in [0.25, 0.3) is 10.9 Å². The van der Waals surface area contributed by atoms with E-state index in [1.807, 2.05) is 29.9 Å². The molecule has 1 atom stereocenters. The lowest BCUT2D eigenvalue weighted by molar-refractivity contribution is -0.384. The molecule has 1 aromatic heterocycles. The van der Waals surface area contributed by atoms with E-state index in [1.54, 1.807) is 29.7 Å². The van der Waals surface area contributed by atoms with E-state index in [1.165, 1.54) is 6.07 Å². The Hall–Kier alpha value is -3.27. The van der Waals surface area contributed by atoms with Crippen LogP contribution in [0.2, 0.25) is 0 Å². The van der Waals surface area contributed by atoms with Crippen molar-refractivity contribution in [1.29, 1.82) is 0 Å². The van der Waals surface area contributed by atoms with Crippen LogP contribution >= 0.6 is 0 Å². The zero-order valence-electron chi connectivity index (χ0n) is 18.7. The molecular weight excluding hydrogens is 424 g/mol. The first kappa shape index (κ1) is 24.4. The molecule has 2 aromatic carbocycles. The van der Waals surface area contributed by atoms with Gasteiger partial charge in [-0.1, -0.05) is 25.0 Å². The second kappa shape index (κ2) is 11.6. The van der Waals surface area contributed by atoms with Gasteiger partial charge in [0.05, 0.1) is 4.92 Å². The molecule has 9 nitrogen and oxygen atoms in total. The molecule has 0 radical (unpaired) electrons. The minimum absolute atomic E-state index is 0.0710. The van der Waals surface area contributed by atoms with Crippen molar-refractivity contribution < 1.29 is 20.0 Å². The number of rotatable bonds is 12. The van der Waals surface area contributed by atoms with Crippen LogP contribution in [0.15, 0.2) is 48.7 Å². The lowest BCUT2D eigenvalue weighted by atomic mass is 10.0. The zero-order valence-corrected chi connectivity index (χ0v) is 18.7. The highest BCUT2D eigenvalue weighted by Gasteiger charge is 2.13. The number of nitro benzene ring substituents is 1. The summed E-state index contributed by atoms with van der Waals surface area (Å²) in [7, 11) is 1.92. The molecule has 0 aliphatic heterocycles. The van der Waals surface area contributed by atoms with Crippen molar-refractivity contribution in [1.82, 2.24) is 15.4 Å². The van der Waals surface area contributed by atoms with E-state index in [9.17, 15) is 20.0 Å².